The number of methoxy groups -OCH3 is 2. The van der Waals surface area contributed by atoms with Crippen LogP contribution >= 0.6 is 0 Å². The van der Waals surface area contributed by atoms with Gasteiger partial charge >= 0.3 is 0 Å². The fourth-order valence-corrected chi connectivity index (χ4v) is 1.36. The SMILES string of the molecule is COc1ccc(F)c(C(N)CO)c1OC. The third-order valence-corrected chi connectivity index (χ3v) is 2.10. The van der Waals surface area contributed by atoms with Crippen molar-refractivity contribution in [2.24, 2.45) is 5.73 Å². The van der Waals surface area contributed by atoms with Crippen LogP contribution in [0.1, 0.15) is 11.6 Å². The molecule has 1 atom stereocenters. The maximum Gasteiger partial charge on any atom is 0.168 e. The topological polar surface area (TPSA) is 64.7 Å². The molecule has 0 bridgehead atoms. The highest BCUT2D eigenvalue weighted by molar-refractivity contribution is 5.48. The number of ether oxygens (including phenoxy) is 2. The molecule has 0 fully saturated rings. The first-order valence-corrected chi connectivity index (χ1v) is 4.42. The Morgan fingerprint density at radius 1 is 1.40 bits per heavy atom. The van der Waals surface area contributed by atoms with E-state index in [0.717, 1.165) is 0 Å². The van der Waals surface area contributed by atoms with Gasteiger partial charge in [-0.3, -0.25) is 0 Å². The standard InChI is InChI=1S/C10H14FNO3/c1-14-8-4-3-6(11)9(7(12)5-13)10(8)15-2/h3-4,7,13H,5,12H2,1-2H3. The maximum absolute atomic E-state index is 13.5. The minimum atomic E-state index is -0.824. The molecule has 0 aliphatic rings. The molecule has 0 aliphatic carbocycles. The van der Waals surface area contributed by atoms with Crippen LogP contribution < -0.4 is 15.2 Å². The summed E-state index contributed by atoms with van der Waals surface area (Å²) in [6.45, 7) is -0.361. The van der Waals surface area contributed by atoms with Crippen molar-refractivity contribution in [3.8, 4) is 11.5 Å². The highest BCUT2D eigenvalue weighted by Crippen LogP contribution is 2.35. The van der Waals surface area contributed by atoms with E-state index >= 15 is 0 Å². The molecule has 3 N–H and O–H groups in total. The van der Waals surface area contributed by atoms with Gasteiger partial charge in [0.2, 0.25) is 0 Å². The van der Waals surface area contributed by atoms with Gasteiger partial charge in [-0.1, -0.05) is 0 Å². The summed E-state index contributed by atoms with van der Waals surface area (Å²) in [5, 5.41) is 8.91. The first kappa shape index (κ1) is 11.7. The Labute approximate surface area is 87.4 Å². The summed E-state index contributed by atoms with van der Waals surface area (Å²) in [7, 11) is 2.84. The molecule has 1 unspecified atom stereocenters. The largest absolute Gasteiger partial charge is 0.493 e. The van der Waals surface area contributed by atoms with Crippen molar-refractivity contribution in [2.45, 2.75) is 6.04 Å². The first-order valence-electron chi connectivity index (χ1n) is 4.42. The molecular formula is C10H14FNO3. The highest BCUT2D eigenvalue weighted by Gasteiger charge is 2.20. The smallest absolute Gasteiger partial charge is 0.168 e. The van der Waals surface area contributed by atoms with E-state index in [2.05, 4.69) is 0 Å². The highest BCUT2D eigenvalue weighted by atomic mass is 19.1. The summed E-state index contributed by atoms with van der Waals surface area (Å²) in [4.78, 5) is 0. The Kier molecular flexibility index (Phi) is 3.88. The Morgan fingerprint density at radius 3 is 2.53 bits per heavy atom. The minimum Gasteiger partial charge on any atom is -0.493 e. The van der Waals surface area contributed by atoms with Gasteiger partial charge in [-0.15, -0.1) is 0 Å². The number of hydrogen-bond acceptors (Lipinski definition) is 4. The van der Waals surface area contributed by atoms with Crippen LogP contribution in [-0.4, -0.2) is 25.9 Å². The quantitative estimate of drug-likeness (QED) is 0.781. The van der Waals surface area contributed by atoms with Crippen LogP contribution in [-0.2, 0) is 0 Å². The van der Waals surface area contributed by atoms with Crippen LogP contribution in [0.25, 0.3) is 0 Å². The van der Waals surface area contributed by atoms with E-state index in [1.54, 1.807) is 0 Å². The lowest BCUT2D eigenvalue weighted by atomic mass is 10.1. The van der Waals surface area contributed by atoms with Crippen molar-refractivity contribution in [3.05, 3.63) is 23.5 Å². The second-order valence-electron chi connectivity index (χ2n) is 2.99. The van der Waals surface area contributed by atoms with Crippen LogP contribution in [0.4, 0.5) is 4.39 Å². The number of halogens is 1. The number of aliphatic hydroxyl groups is 1. The van der Waals surface area contributed by atoms with Gasteiger partial charge in [0.1, 0.15) is 5.82 Å². The van der Waals surface area contributed by atoms with Gasteiger partial charge < -0.3 is 20.3 Å². The molecule has 1 rings (SSSR count). The zero-order valence-corrected chi connectivity index (χ0v) is 8.66. The van der Waals surface area contributed by atoms with Crippen molar-refractivity contribution in [2.75, 3.05) is 20.8 Å². The van der Waals surface area contributed by atoms with E-state index in [-0.39, 0.29) is 17.9 Å². The molecule has 0 spiro atoms. The van der Waals surface area contributed by atoms with Gasteiger partial charge in [-0.05, 0) is 12.1 Å². The Balaban J connectivity index is 3.31. The van der Waals surface area contributed by atoms with Crippen LogP contribution in [0.5, 0.6) is 11.5 Å². The predicted molar refractivity (Wildman–Crippen MR) is 53.5 cm³/mol. The van der Waals surface area contributed by atoms with E-state index in [0.29, 0.717) is 5.75 Å². The van der Waals surface area contributed by atoms with Gasteiger partial charge in [-0.25, -0.2) is 4.39 Å². The van der Waals surface area contributed by atoms with Crippen molar-refractivity contribution >= 4 is 0 Å². The number of hydrogen-bond donors (Lipinski definition) is 2. The lowest BCUT2D eigenvalue weighted by Gasteiger charge is -2.16. The molecule has 0 saturated heterocycles. The van der Waals surface area contributed by atoms with Gasteiger partial charge in [0.05, 0.1) is 32.4 Å². The van der Waals surface area contributed by atoms with Crippen molar-refractivity contribution in [1.29, 1.82) is 0 Å². The molecule has 0 aromatic heterocycles. The molecule has 15 heavy (non-hydrogen) atoms. The van der Waals surface area contributed by atoms with Crippen LogP contribution in [0.2, 0.25) is 0 Å². The molecule has 5 heteroatoms. The van der Waals surface area contributed by atoms with Crippen LogP contribution in [0, 0.1) is 5.82 Å². The van der Waals surface area contributed by atoms with Gasteiger partial charge in [0, 0.05) is 0 Å². The van der Waals surface area contributed by atoms with E-state index in [4.69, 9.17) is 20.3 Å². The molecule has 84 valence electrons. The number of aliphatic hydroxyl groups excluding tert-OH is 1. The second-order valence-corrected chi connectivity index (χ2v) is 2.99. The lowest BCUT2D eigenvalue weighted by Crippen LogP contribution is -2.17. The zero-order chi connectivity index (χ0) is 11.4. The molecule has 1 aromatic rings. The van der Waals surface area contributed by atoms with Crippen molar-refractivity contribution in [1.82, 2.24) is 0 Å². The molecule has 0 radical (unpaired) electrons. The van der Waals surface area contributed by atoms with Gasteiger partial charge in [0.15, 0.2) is 11.5 Å². The normalized spacial score (nSPS) is 12.3. The average Bonchev–Trinajstić information content (AvgIpc) is 2.27. The molecule has 0 heterocycles. The monoisotopic (exact) mass is 215 g/mol. The van der Waals surface area contributed by atoms with Gasteiger partial charge in [0.25, 0.3) is 0 Å². The van der Waals surface area contributed by atoms with E-state index in [1.807, 2.05) is 0 Å². The number of rotatable bonds is 4. The summed E-state index contributed by atoms with van der Waals surface area (Å²) >= 11 is 0. The summed E-state index contributed by atoms with van der Waals surface area (Å²) in [5.41, 5.74) is 5.69. The van der Waals surface area contributed by atoms with E-state index in [9.17, 15) is 4.39 Å². The fourth-order valence-electron chi connectivity index (χ4n) is 1.36. The van der Waals surface area contributed by atoms with Crippen LogP contribution in [0.3, 0.4) is 0 Å². The summed E-state index contributed by atoms with van der Waals surface area (Å²) < 4.78 is 23.5. The zero-order valence-electron chi connectivity index (χ0n) is 8.66. The summed E-state index contributed by atoms with van der Waals surface area (Å²) in [5.74, 6) is 0.0889. The van der Waals surface area contributed by atoms with Gasteiger partial charge in [-0.2, -0.15) is 0 Å². The maximum atomic E-state index is 13.5. The third-order valence-electron chi connectivity index (χ3n) is 2.10. The van der Waals surface area contributed by atoms with Crippen LogP contribution in [0.15, 0.2) is 12.1 Å². The number of nitrogens with two attached hydrogens (primary N) is 1. The first-order chi connectivity index (χ1) is 7.15. The second kappa shape index (κ2) is 4.95. The summed E-state index contributed by atoms with van der Waals surface area (Å²) in [6.07, 6.45) is 0. The van der Waals surface area contributed by atoms with E-state index < -0.39 is 11.9 Å². The average molecular weight is 215 g/mol. The van der Waals surface area contributed by atoms with Crippen molar-refractivity contribution in [3.63, 3.8) is 0 Å². The van der Waals surface area contributed by atoms with Crippen molar-refractivity contribution < 1.29 is 19.0 Å². The molecule has 0 aliphatic heterocycles. The summed E-state index contributed by atoms with van der Waals surface area (Å²) in [6, 6.07) is 1.85. The molecule has 1 aromatic carbocycles. The van der Waals surface area contributed by atoms with E-state index in [1.165, 1.54) is 26.4 Å². The molecule has 0 amide bonds. The Bertz CT molecular complexity index is 344. The molecular weight excluding hydrogens is 201 g/mol. The molecule has 4 nitrogen and oxygen atoms in total. The fraction of sp³-hybridized carbons (Fsp3) is 0.400. The number of benzene rings is 1. The lowest BCUT2D eigenvalue weighted by molar-refractivity contribution is 0.259. The Morgan fingerprint density at radius 2 is 2.07 bits per heavy atom. The Hall–Kier alpha value is -1.33. The molecule has 0 saturated carbocycles. The third kappa shape index (κ3) is 2.19. The minimum absolute atomic E-state index is 0.124. The predicted octanol–water partition coefficient (Wildman–Crippen LogP) is 0.835.